The van der Waals surface area contributed by atoms with Crippen LogP contribution >= 0.6 is 0 Å². The number of nitro benzene ring substituents is 1. The van der Waals surface area contributed by atoms with Crippen LogP contribution in [-0.2, 0) is 11.3 Å². The third-order valence-corrected chi connectivity index (χ3v) is 3.59. The van der Waals surface area contributed by atoms with Gasteiger partial charge in [-0.1, -0.05) is 29.4 Å². The van der Waals surface area contributed by atoms with Gasteiger partial charge in [-0.15, -0.1) is 0 Å². The molecule has 8 nitrogen and oxygen atoms in total. The fourth-order valence-electron chi connectivity index (χ4n) is 2.31. The number of methoxy groups -OCH3 is 1. The van der Waals surface area contributed by atoms with Gasteiger partial charge in [-0.2, -0.15) is 0 Å². The number of para-hydroxylation sites is 1. The van der Waals surface area contributed by atoms with Crippen LogP contribution in [0.4, 0.5) is 5.69 Å². The minimum Gasteiger partial charge on any atom is -0.497 e. The van der Waals surface area contributed by atoms with Crippen LogP contribution in [0.5, 0.6) is 5.75 Å². The molecule has 0 amide bonds. The van der Waals surface area contributed by atoms with Gasteiger partial charge in [0.05, 0.1) is 12.0 Å². The minimum atomic E-state index is -0.803. The van der Waals surface area contributed by atoms with E-state index in [0.29, 0.717) is 17.2 Å². The van der Waals surface area contributed by atoms with Crippen molar-refractivity contribution in [2.75, 3.05) is 7.11 Å². The van der Waals surface area contributed by atoms with Crippen molar-refractivity contribution in [3.8, 4) is 17.1 Å². The maximum Gasteiger partial charge on any atom is 0.345 e. The number of carbonyl (C=O) groups is 1. The van der Waals surface area contributed by atoms with Crippen LogP contribution in [0, 0.1) is 10.1 Å². The highest BCUT2D eigenvalue weighted by molar-refractivity contribution is 5.93. The summed E-state index contributed by atoms with van der Waals surface area (Å²) < 4.78 is 15.5. The molecule has 132 valence electrons. The SMILES string of the molecule is COc1cccc(-c2cc(COC(=O)c3ccccc3[N+](=O)[O-])no2)c1. The number of nitro groups is 1. The topological polar surface area (TPSA) is 105 Å². The molecule has 0 aliphatic heterocycles. The van der Waals surface area contributed by atoms with Gasteiger partial charge in [-0.05, 0) is 18.2 Å². The third-order valence-electron chi connectivity index (χ3n) is 3.59. The van der Waals surface area contributed by atoms with Gasteiger partial charge in [0.25, 0.3) is 5.69 Å². The molecule has 0 aliphatic carbocycles. The largest absolute Gasteiger partial charge is 0.497 e. The Kier molecular flexibility index (Phi) is 4.93. The molecule has 0 atom stereocenters. The molecular formula is C18H14N2O6. The summed E-state index contributed by atoms with van der Waals surface area (Å²) >= 11 is 0. The molecule has 0 fully saturated rings. The molecule has 3 rings (SSSR count). The van der Waals surface area contributed by atoms with Crippen molar-refractivity contribution in [3.05, 3.63) is 76.0 Å². The van der Waals surface area contributed by atoms with Crippen molar-refractivity contribution in [2.45, 2.75) is 6.61 Å². The van der Waals surface area contributed by atoms with Gasteiger partial charge < -0.3 is 14.0 Å². The number of hydrogen-bond donors (Lipinski definition) is 0. The van der Waals surface area contributed by atoms with Gasteiger partial charge in [0.1, 0.15) is 23.6 Å². The molecule has 1 heterocycles. The number of esters is 1. The zero-order valence-electron chi connectivity index (χ0n) is 13.7. The lowest BCUT2D eigenvalue weighted by atomic mass is 10.1. The predicted octanol–water partition coefficient (Wildman–Crippen LogP) is 3.62. The van der Waals surface area contributed by atoms with Gasteiger partial charge in [0, 0.05) is 17.7 Å². The van der Waals surface area contributed by atoms with Gasteiger partial charge in [-0.25, -0.2) is 4.79 Å². The Hall–Kier alpha value is -3.68. The lowest BCUT2D eigenvalue weighted by Crippen LogP contribution is -2.08. The second kappa shape index (κ2) is 7.47. The average molecular weight is 354 g/mol. The fraction of sp³-hybridized carbons (Fsp3) is 0.111. The van der Waals surface area contributed by atoms with E-state index in [1.54, 1.807) is 25.3 Å². The number of hydrogen-bond acceptors (Lipinski definition) is 7. The Morgan fingerprint density at radius 2 is 2.00 bits per heavy atom. The highest BCUT2D eigenvalue weighted by atomic mass is 16.6. The Morgan fingerprint density at radius 3 is 2.77 bits per heavy atom. The smallest absolute Gasteiger partial charge is 0.345 e. The van der Waals surface area contributed by atoms with Crippen molar-refractivity contribution in [3.63, 3.8) is 0 Å². The molecule has 0 aliphatic rings. The number of benzene rings is 2. The standard InChI is InChI=1S/C18H14N2O6/c1-24-14-6-4-5-12(9-14)17-10-13(19-26-17)11-25-18(21)15-7-2-3-8-16(15)20(22)23/h2-10H,11H2,1H3. The molecule has 26 heavy (non-hydrogen) atoms. The molecule has 3 aromatic rings. The minimum absolute atomic E-state index is 0.117. The highest BCUT2D eigenvalue weighted by Crippen LogP contribution is 2.25. The van der Waals surface area contributed by atoms with Gasteiger partial charge in [0.2, 0.25) is 0 Å². The van der Waals surface area contributed by atoms with Gasteiger partial charge in [-0.3, -0.25) is 10.1 Å². The number of rotatable bonds is 6. The van der Waals surface area contributed by atoms with Crippen LogP contribution < -0.4 is 4.74 Å². The lowest BCUT2D eigenvalue weighted by molar-refractivity contribution is -0.385. The van der Waals surface area contributed by atoms with Gasteiger partial charge >= 0.3 is 5.97 Å². The third kappa shape index (κ3) is 3.69. The second-order valence-corrected chi connectivity index (χ2v) is 5.26. The van der Waals surface area contributed by atoms with Crippen molar-refractivity contribution in [1.82, 2.24) is 5.16 Å². The first kappa shape index (κ1) is 17.2. The van der Waals surface area contributed by atoms with Crippen LogP contribution in [-0.4, -0.2) is 23.2 Å². The molecule has 0 N–H and O–H groups in total. The second-order valence-electron chi connectivity index (χ2n) is 5.26. The molecule has 0 saturated heterocycles. The molecule has 8 heteroatoms. The zero-order chi connectivity index (χ0) is 18.5. The van der Waals surface area contributed by atoms with Crippen LogP contribution in [0.3, 0.4) is 0 Å². The molecule has 0 spiro atoms. The lowest BCUT2D eigenvalue weighted by Gasteiger charge is -2.03. The average Bonchev–Trinajstić information content (AvgIpc) is 3.15. The van der Waals surface area contributed by atoms with E-state index in [0.717, 1.165) is 5.56 Å². The Balaban J connectivity index is 1.70. The summed E-state index contributed by atoms with van der Waals surface area (Å²) in [6, 6.07) is 14.4. The molecule has 0 saturated carbocycles. The van der Waals surface area contributed by atoms with E-state index in [1.165, 1.54) is 24.3 Å². The quantitative estimate of drug-likeness (QED) is 0.378. The van der Waals surface area contributed by atoms with Crippen molar-refractivity contribution in [2.24, 2.45) is 0 Å². The zero-order valence-corrected chi connectivity index (χ0v) is 13.7. The summed E-state index contributed by atoms with van der Waals surface area (Å²) in [7, 11) is 1.56. The first-order valence-corrected chi connectivity index (χ1v) is 7.59. The summed E-state index contributed by atoms with van der Waals surface area (Å²) in [6.07, 6.45) is 0. The summed E-state index contributed by atoms with van der Waals surface area (Å²) in [5.74, 6) is 0.354. The first-order chi connectivity index (χ1) is 12.6. The molecule has 0 radical (unpaired) electrons. The number of nitrogens with zero attached hydrogens (tertiary/aromatic N) is 2. The van der Waals surface area contributed by atoms with Crippen LogP contribution in [0.1, 0.15) is 16.1 Å². The molecule has 0 bridgehead atoms. The Labute approximate surface area is 148 Å². The Bertz CT molecular complexity index is 950. The van der Waals surface area contributed by atoms with E-state index in [9.17, 15) is 14.9 Å². The van der Waals surface area contributed by atoms with Crippen LogP contribution in [0.25, 0.3) is 11.3 Å². The van der Waals surface area contributed by atoms with E-state index < -0.39 is 10.9 Å². The van der Waals surface area contributed by atoms with E-state index in [1.807, 2.05) is 12.1 Å². The predicted molar refractivity (Wildman–Crippen MR) is 90.7 cm³/mol. The summed E-state index contributed by atoms with van der Waals surface area (Å²) in [4.78, 5) is 22.4. The maximum atomic E-state index is 12.1. The van der Waals surface area contributed by atoms with E-state index in [4.69, 9.17) is 14.0 Å². The van der Waals surface area contributed by atoms with E-state index in [2.05, 4.69) is 5.16 Å². The van der Waals surface area contributed by atoms with E-state index >= 15 is 0 Å². The summed E-state index contributed by atoms with van der Waals surface area (Å²) in [5.41, 5.74) is 0.714. The highest BCUT2D eigenvalue weighted by Gasteiger charge is 2.21. The van der Waals surface area contributed by atoms with Gasteiger partial charge in [0.15, 0.2) is 5.76 Å². The first-order valence-electron chi connectivity index (χ1n) is 7.59. The van der Waals surface area contributed by atoms with Crippen LogP contribution in [0.15, 0.2) is 59.1 Å². The molecule has 1 aromatic heterocycles. The Morgan fingerprint density at radius 1 is 1.19 bits per heavy atom. The monoisotopic (exact) mass is 354 g/mol. The normalized spacial score (nSPS) is 10.3. The van der Waals surface area contributed by atoms with E-state index in [-0.39, 0.29) is 17.9 Å². The maximum absolute atomic E-state index is 12.1. The van der Waals surface area contributed by atoms with Crippen molar-refractivity contribution in [1.29, 1.82) is 0 Å². The molecule has 2 aromatic carbocycles. The number of ether oxygens (including phenoxy) is 2. The van der Waals surface area contributed by atoms with Crippen molar-refractivity contribution >= 4 is 11.7 Å². The molecular weight excluding hydrogens is 340 g/mol. The summed E-state index contributed by atoms with van der Waals surface area (Å²) in [6.45, 7) is -0.168. The summed E-state index contributed by atoms with van der Waals surface area (Å²) in [5, 5.41) is 14.8. The number of carbonyl (C=O) groups excluding carboxylic acids is 1. The van der Waals surface area contributed by atoms with Crippen LogP contribution in [0.2, 0.25) is 0 Å². The molecule has 0 unspecified atom stereocenters. The fourth-order valence-corrected chi connectivity index (χ4v) is 2.31. The van der Waals surface area contributed by atoms with Crippen molar-refractivity contribution < 1.29 is 23.7 Å². The number of aromatic nitrogens is 1.